The summed E-state index contributed by atoms with van der Waals surface area (Å²) in [7, 11) is 0. The molecule has 0 saturated carbocycles. The van der Waals surface area contributed by atoms with Crippen LogP contribution in [0.4, 0.5) is 0 Å². The number of hydrogen-bond donors (Lipinski definition) is 0. The summed E-state index contributed by atoms with van der Waals surface area (Å²) < 4.78 is 0. The molecule has 56 heavy (non-hydrogen) atoms. The molecular formula is C53H33N3. The van der Waals surface area contributed by atoms with Crippen LogP contribution in [-0.4, -0.2) is 15.0 Å². The highest BCUT2D eigenvalue weighted by Crippen LogP contribution is 2.67. The van der Waals surface area contributed by atoms with Crippen molar-refractivity contribution in [2.24, 2.45) is 0 Å². The molecule has 3 aliphatic carbocycles. The number of rotatable bonds is 3. The molecule has 0 bridgehead atoms. The molecule has 0 amide bonds. The van der Waals surface area contributed by atoms with Crippen LogP contribution in [0.1, 0.15) is 44.5 Å². The molecule has 6 aromatic carbocycles. The topological polar surface area (TPSA) is 38.7 Å². The Hall–Kier alpha value is -7.23. The van der Waals surface area contributed by atoms with Crippen molar-refractivity contribution in [2.45, 2.75) is 10.8 Å². The molecule has 0 unspecified atom stereocenters. The predicted molar refractivity (Wildman–Crippen MR) is 224 cm³/mol. The van der Waals surface area contributed by atoms with Crippen LogP contribution in [0.2, 0.25) is 0 Å². The SMILES string of the molecule is c1ccc(-c2cc(-c3ccc4c(c3)C3(c5ccccc5-c5ccccc53)c3ccccc3C43c4ccccc4-c4ccccc43)cc(-c3ccccn3)n2)nc1. The second kappa shape index (κ2) is 11.6. The molecule has 12 rings (SSSR count). The Morgan fingerprint density at radius 2 is 0.643 bits per heavy atom. The Labute approximate surface area is 325 Å². The van der Waals surface area contributed by atoms with E-state index >= 15 is 0 Å². The summed E-state index contributed by atoms with van der Waals surface area (Å²) >= 11 is 0. The molecule has 3 heteroatoms. The van der Waals surface area contributed by atoms with Gasteiger partial charge in [0.15, 0.2) is 0 Å². The van der Waals surface area contributed by atoms with Gasteiger partial charge >= 0.3 is 0 Å². The van der Waals surface area contributed by atoms with E-state index < -0.39 is 10.8 Å². The first-order chi connectivity index (χ1) is 27.8. The lowest BCUT2D eigenvalue weighted by Crippen LogP contribution is -2.43. The fraction of sp³-hybridized carbons (Fsp3) is 0.0377. The van der Waals surface area contributed by atoms with Crippen LogP contribution in [-0.2, 0) is 10.8 Å². The minimum atomic E-state index is -0.562. The molecule has 0 N–H and O–H groups in total. The molecule has 0 fully saturated rings. The summed E-state index contributed by atoms with van der Waals surface area (Å²) in [6.45, 7) is 0. The Kier molecular flexibility index (Phi) is 6.47. The predicted octanol–water partition coefficient (Wildman–Crippen LogP) is 11.9. The van der Waals surface area contributed by atoms with E-state index in [1.54, 1.807) is 0 Å². The van der Waals surface area contributed by atoms with Crippen molar-refractivity contribution in [3.05, 3.63) is 245 Å². The molecule has 0 saturated heterocycles. The quantitative estimate of drug-likeness (QED) is 0.183. The largest absolute Gasteiger partial charge is 0.255 e. The van der Waals surface area contributed by atoms with Gasteiger partial charge in [0.2, 0.25) is 0 Å². The van der Waals surface area contributed by atoms with Crippen LogP contribution in [0.5, 0.6) is 0 Å². The van der Waals surface area contributed by atoms with Gasteiger partial charge in [-0.1, -0.05) is 146 Å². The fourth-order valence-corrected chi connectivity index (χ4v) is 10.4. The molecule has 0 radical (unpaired) electrons. The Morgan fingerprint density at radius 1 is 0.268 bits per heavy atom. The van der Waals surface area contributed by atoms with Crippen molar-refractivity contribution in [1.82, 2.24) is 15.0 Å². The zero-order valence-corrected chi connectivity index (χ0v) is 30.4. The van der Waals surface area contributed by atoms with Gasteiger partial charge in [0.05, 0.1) is 33.6 Å². The summed E-state index contributed by atoms with van der Waals surface area (Å²) in [5.74, 6) is 0. The average Bonchev–Trinajstić information content (AvgIpc) is 3.75. The van der Waals surface area contributed by atoms with E-state index in [0.717, 1.165) is 33.9 Å². The summed E-state index contributed by atoms with van der Waals surface area (Å²) in [6, 6.07) is 69.1. The molecule has 0 aliphatic heterocycles. The van der Waals surface area contributed by atoms with Gasteiger partial charge in [0, 0.05) is 12.4 Å². The number of benzene rings is 6. The first-order valence-electron chi connectivity index (χ1n) is 19.3. The first kappa shape index (κ1) is 31.2. The van der Waals surface area contributed by atoms with Crippen molar-refractivity contribution in [3.8, 4) is 56.2 Å². The highest BCUT2D eigenvalue weighted by molar-refractivity contribution is 5.94. The van der Waals surface area contributed by atoms with E-state index in [4.69, 9.17) is 15.0 Å². The number of pyridine rings is 3. The molecule has 3 nitrogen and oxygen atoms in total. The second-order valence-corrected chi connectivity index (χ2v) is 15.0. The van der Waals surface area contributed by atoms with Crippen LogP contribution < -0.4 is 0 Å². The van der Waals surface area contributed by atoms with Crippen LogP contribution in [0.3, 0.4) is 0 Å². The van der Waals surface area contributed by atoms with Crippen molar-refractivity contribution < 1.29 is 0 Å². The Morgan fingerprint density at radius 3 is 1.07 bits per heavy atom. The second-order valence-electron chi connectivity index (χ2n) is 15.0. The lowest BCUT2D eigenvalue weighted by molar-refractivity contribution is 0.633. The van der Waals surface area contributed by atoms with Crippen LogP contribution in [0.25, 0.3) is 56.2 Å². The molecule has 3 heterocycles. The van der Waals surface area contributed by atoms with Gasteiger partial charge in [0.1, 0.15) is 0 Å². The van der Waals surface area contributed by atoms with Gasteiger partial charge in [-0.15, -0.1) is 0 Å². The van der Waals surface area contributed by atoms with E-state index in [1.165, 1.54) is 66.8 Å². The van der Waals surface area contributed by atoms with Crippen molar-refractivity contribution in [2.75, 3.05) is 0 Å². The summed E-state index contributed by atoms with van der Waals surface area (Å²) in [5, 5.41) is 0. The molecule has 3 aromatic heterocycles. The number of nitrogens with zero attached hydrogens (tertiary/aromatic N) is 3. The summed E-state index contributed by atoms with van der Waals surface area (Å²) in [6.07, 6.45) is 3.66. The highest BCUT2D eigenvalue weighted by Gasteiger charge is 2.58. The Balaban J connectivity index is 1.23. The zero-order valence-electron chi connectivity index (χ0n) is 30.4. The monoisotopic (exact) mass is 711 g/mol. The average molecular weight is 712 g/mol. The molecule has 0 atom stereocenters. The number of aromatic nitrogens is 3. The Bertz CT molecular complexity index is 2890. The molecule has 9 aromatic rings. The molecule has 260 valence electrons. The van der Waals surface area contributed by atoms with Gasteiger partial charge in [-0.2, -0.15) is 0 Å². The van der Waals surface area contributed by atoms with E-state index in [2.05, 4.69) is 152 Å². The maximum Gasteiger partial charge on any atom is 0.0900 e. The third kappa shape index (κ3) is 3.99. The van der Waals surface area contributed by atoms with E-state index in [0.29, 0.717) is 0 Å². The van der Waals surface area contributed by atoms with E-state index in [-0.39, 0.29) is 0 Å². The van der Waals surface area contributed by atoms with Crippen LogP contribution in [0.15, 0.2) is 200 Å². The molecule has 3 aliphatic rings. The molecular weight excluding hydrogens is 679 g/mol. The van der Waals surface area contributed by atoms with E-state index in [1.807, 2.05) is 48.8 Å². The standard InChI is InChI=1S/C53H33N3/c1-5-19-40-36(15-1)37-16-2-6-20-41(37)52(40)44-23-9-10-24-45(44)53(42-21-7-3-17-38(42)39-18-4-8-22-43(39)53)47-31-34(27-28-46(47)52)35-32-50(48-25-11-13-29-54-48)56-51(33-35)49-26-12-14-30-55-49/h1-33H. The third-order valence-electron chi connectivity index (χ3n) is 12.5. The van der Waals surface area contributed by atoms with Gasteiger partial charge in [-0.25, -0.2) is 4.98 Å². The maximum atomic E-state index is 5.13. The smallest absolute Gasteiger partial charge is 0.0900 e. The van der Waals surface area contributed by atoms with Gasteiger partial charge in [-0.05, 0) is 120 Å². The molecule has 2 spiro atoms. The highest BCUT2D eigenvalue weighted by atomic mass is 14.8. The van der Waals surface area contributed by atoms with Gasteiger partial charge < -0.3 is 0 Å². The first-order valence-corrected chi connectivity index (χ1v) is 19.3. The maximum absolute atomic E-state index is 5.13. The number of hydrogen-bond acceptors (Lipinski definition) is 3. The third-order valence-corrected chi connectivity index (χ3v) is 12.5. The van der Waals surface area contributed by atoms with Crippen molar-refractivity contribution in [1.29, 1.82) is 0 Å². The van der Waals surface area contributed by atoms with Crippen molar-refractivity contribution in [3.63, 3.8) is 0 Å². The normalized spacial score (nSPS) is 14.4. The summed E-state index contributed by atoms with van der Waals surface area (Å²) in [5.41, 5.74) is 20.1. The van der Waals surface area contributed by atoms with Gasteiger partial charge in [0.25, 0.3) is 0 Å². The fourth-order valence-electron chi connectivity index (χ4n) is 10.4. The minimum absolute atomic E-state index is 0.522. The summed E-state index contributed by atoms with van der Waals surface area (Å²) in [4.78, 5) is 14.6. The van der Waals surface area contributed by atoms with Crippen LogP contribution in [0, 0.1) is 0 Å². The van der Waals surface area contributed by atoms with E-state index in [9.17, 15) is 0 Å². The van der Waals surface area contributed by atoms with Crippen LogP contribution >= 0.6 is 0 Å². The lowest BCUT2D eigenvalue weighted by atomic mass is 9.52. The van der Waals surface area contributed by atoms with Gasteiger partial charge in [-0.3, -0.25) is 9.97 Å². The van der Waals surface area contributed by atoms with Crippen molar-refractivity contribution >= 4 is 0 Å². The number of fused-ring (bicyclic) bond motifs is 16. The minimum Gasteiger partial charge on any atom is -0.255 e. The zero-order chi connectivity index (χ0) is 36.8. The lowest BCUT2D eigenvalue weighted by Gasteiger charge is -2.49.